The van der Waals surface area contributed by atoms with Gasteiger partial charge in [0.2, 0.25) is 11.8 Å². The van der Waals surface area contributed by atoms with Crippen molar-refractivity contribution in [3.05, 3.63) is 24.0 Å². The van der Waals surface area contributed by atoms with Crippen molar-refractivity contribution in [2.75, 3.05) is 46.6 Å². The van der Waals surface area contributed by atoms with Gasteiger partial charge < -0.3 is 23.8 Å². The second-order valence-electron chi connectivity index (χ2n) is 7.95. The molecule has 0 bridgehead atoms. The first-order chi connectivity index (χ1) is 15.0. The number of carbonyl (C=O) groups excluding carboxylic acids is 2. The van der Waals surface area contributed by atoms with Crippen molar-refractivity contribution >= 4 is 11.8 Å². The second kappa shape index (κ2) is 16.8. The molecule has 0 saturated heterocycles. The van der Waals surface area contributed by atoms with Crippen LogP contribution < -0.4 is 0 Å². The zero-order chi connectivity index (χ0) is 22.9. The van der Waals surface area contributed by atoms with Crippen molar-refractivity contribution in [2.24, 2.45) is 7.05 Å². The maximum atomic E-state index is 13.1. The molecule has 0 radical (unpaired) electrons. The van der Waals surface area contributed by atoms with Crippen molar-refractivity contribution < 1.29 is 19.1 Å². The monoisotopic (exact) mass is 437 g/mol. The van der Waals surface area contributed by atoms with E-state index in [0.29, 0.717) is 45.9 Å². The number of rotatable bonds is 18. The van der Waals surface area contributed by atoms with Crippen molar-refractivity contribution in [1.82, 2.24) is 14.4 Å². The lowest BCUT2D eigenvalue weighted by Gasteiger charge is -2.28. The quantitative estimate of drug-likeness (QED) is 0.329. The molecule has 0 spiro atoms. The smallest absolute Gasteiger partial charge is 0.242 e. The molecule has 2 amide bonds. The predicted molar refractivity (Wildman–Crippen MR) is 124 cm³/mol. The number of aryl methyl sites for hydroxylation is 1. The third-order valence-electron chi connectivity index (χ3n) is 5.42. The molecule has 7 heteroatoms. The molecule has 0 saturated carbocycles. The van der Waals surface area contributed by atoms with Gasteiger partial charge in [-0.2, -0.15) is 0 Å². The number of amides is 2. The van der Waals surface area contributed by atoms with Crippen LogP contribution in [0.5, 0.6) is 0 Å². The van der Waals surface area contributed by atoms with E-state index in [4.69, 9.17) is 9.47 Å². The van der Waals surface area contributed by atoms with E-state index in [9.17, 15) is 9.59 Å². The van der Waals surface area contributed by atoms with Gasteiger partial charge >= 0.3 is 0 Å². The van der Waals surface area contributed by atoms with E-state index in [-0.39, 0.29) is 18.4 Å². The van der Waals surface area contributed by atoms with Crippen LogP contribution in [0.2, 0.25) is 0 Å². The van der Waals surface area contributed by atoms with Crippen LogP contribution in [-0.2, 0) is 32.7 Å². The number of nitrogens with zero attached hydrogens (tertiary/aromatic N) is 3. The highest BCUT2D eigenvalue weighted by molar-refractivity contribution is 5.84. The maximum absolute atomic E-state index is 13.1. The molecule has 1 heterocycles. The molecule has 1 aromatic rings. The fraction of sp³-hybridized carbons (Fsp3) is 0.750. The third-order valence-corrected chi connectivity index (χ3v) is 5.42. The van der Waals surface area contributed by atoms with Gasteiger partial charge in [0, 0.05) is 58.8 Å². The summed E-state index contributed by atoms with van der Waals surface area (Å²) in [4.78, 5) is 29.5. The van der Waals surface area contributed by atoms with Crippen molar-refractivity contribution in [1.29, 1.82) is 0 Å². The summed E-state index contributed by atoms with van der Waals surface area (Å²) in [5.74, 6) is 0.0147. The molecule has 7 nitrogen and oxygen atoms in total. The van der Waals surface area contributed by atoms with Crippen LogP contribution in [0, 0.1) is 0 Å². The SMILES string of the molecule is CCCCCCCC(=O)N(CCCOCC)CC(=O)N(CCOC)Cc1cccn1C. The normalized spacial score (nSPS) is 11.0. The summed E-state index contributed by atoms with van der Waals surface area (Å²) in [6, 6.07) is 3.98. The molecular formula is C24H43N3O4. The summed E-state index contributed by atoms with van der Waals surface area (Å²) in [5, 5.41) is 0. The van der Waals surface area contributed by atoms with Crippen LogP contribution in [0.4, 0.5) is 0 Å². The summed E-state index contributed by atoms with van der Waals surface area (Å²) >= 11 is 0. The summed E-state index contributed by atoms with van der Waals surface area (Å²) in [6.45, 7) is 7.51. The molecule has 0 aliphatic rings. The molecule has 1 aromatic heterocycles. The minimum Gasteiger partial charge on any atom is -0.383 e. The largest absolute Gasteiger partial charge is 0.383 e. The fourth-order valence-corrected chi connectivity index (χ4v) is 3.44. The van der Waals surface area contributed by atoms with E-state index in [2.05, 4.69) is 6.92 Å². The van der Waals surface area contributed by atoms with Gasteiger partial charge in [-0.25, -0.2) is 0 Å². The highest BCUT2D eigenvalue weighted by Crippen LogP contribution is 2.10. The van der Waals surface area contributed by atoms with Gasteiger partial charge in [0.15, 0.2) is 0 Å². The van der Waals surface area contributed by atoms with E-state index in [1.165, 1.54) is 12.8 Å². The van der Waals surface area contributed by atoms with Gasteiger partial charge in [0.05, 0.1) is 19.7 Å². The van der Waals surface area contributed by atoms with E-state index in [1.807, 2.05) is 36.9 Å². The van der Waals surface area contributed by atoms with Crippen LogP contribution >= 0.6 is 0 Å². The lowest BCUT2D eigenvalue weighted by molar-refractivity contribution is -0.141. The maximum Gasteiger partial charge on any atom is 0.242 e. The van der Waals surface area contributed by atoms with E-state index >= 15 is 0 Å². The lowest BCUT2D eigenvalue weighted by Crippen LogP contribution is -2.44. The Morgan fingerprint density at radius 2 is 1.74 bits per heavy atom. The number of hydrogen-bond acceptors (Lipinski definition) is 4. The predicted octanol–water partition coefficient (Wildman–Crippen LogP) is 3.62. The molecule has 0 N–H and O–H groups in total. The minimum atomic E-state index is -0.0472. The molecule has 0 aliphatic carbocycles. The molecule has 0 aromatic carbocycles. The lowest BCUT2D eigenvalue weighted by atomic mass is 10.1. The molecule has 0 fully saturated rings. The molecule has 0 atom stereocenters. The summed E-state index contributed by atoms with van der Waals surface area (Å²) in [5.41, 5.74) is 1.05. The van der Waals surface area contributed by atoms with Crippen molar-refractivity contribution in [3.8, 4) is 0 Å². The fourth-order valence-electron chi connectivity index (χ4n) is 3.44. The van der Waals surface area contributed by atoms with Crippen LogP contribution in [-0.4, -0.2) is 72.7 Å². The molecular weight excluding hydrogens is 394 g/mol. The molecule has 178 valence electrons. The van der Waals surface area contributed by atoms with Gasteiger partial charge in [0.25, 0.3) is 0 Å². The van der Waals surface area contributed by atoms with Gasteiger partial charge in [-0.05, 0) is 31.9 Å². The Morgan fingerprint density at radius 3 is 2.39 bits per heavy atom. The van der Waals surface area contributed by atoms with Crippen LogP contribution in [0.3, 0.4) is 0 Å². The first kappa shape index (κ1) is 27.2. The number of hydrogen-bond donors (Lipinski definition) is 0. The number of unbranched alkanes of at least 4 members (excludes halogenated alkanes) is 4. The number of methoxy groups -OCH3 is 1. The van der Waals surface area contributed by atoms with Gasteiger partial charge in [-0.1, -0.05) is 32.6 Å². The Kier molecular flexibility index (Phi) is 14.7. The first-order valence-corrected chi connectivity index (χ1v) is 11.8. The number of ether oxygens (including phenoxy) is 2. The molecule has 31 heavy (non-hydrogen) atoms. The molecule has 0 unspecified atom stereocenters. The van der Waals surface area contributed by atoms with E-state index < -0.39 is 0 Å². The molecule has 0 aliphatic heterocycles. The van der Waals surface area contributed by atoms with Crippen LogP contribution in [0.25, 0.3) is 0 Å². The standard InChI is InChI=1S/C24H43N3O4/c1-5-7-8-9-10-14-23(28)26(16-12-18-31-6-2)21-24(29)27(17-19-30-4)20-22-13-11-15-25(22)3/h11,13,15H,5-10,12,14,16-21H2,1-4H3. The average molecular weight is 438 g/mol. The van der Waals surface area contributed by atoms with Gasteiger partial charge in [0.1, 0.15) is 0 Å². The Balaban J connectivity index is 2.72. The van der Waals surface area contributed by atoms with E-state index in [0.717, 1.165) is 31.4 Å². The Labute approximate surface area is 188 Å². The average Bonchev–Trinajstić information content (AvgIpc) is 3.17. The van der Waals surface area contributed by atoms with Crippen molar-refractivity contribution in [2.45, 2.75) is 65.3 Å². The van der Waals surface area contributed by atoms with Gasteiger partial charge in [-0.15, -0.1) is 0 Å². The number of carbonyl (C=O) groups is 2. The summed E-state index contributed by atoms with van der Waals surface area (Å²) in [6.07, 6.45) is 8.70. The summed E-state index contributed by atoms with van der Waals surface area (Å²) in [7, 11) is 3.60. The Morgan fingerprint density at radius 1 is 0.968 bits per heavy atom. The molecule has 1 rings (SSSR count). The number of aromatic nitrogens is 1. The second-order valence-corrected chi connectivity index (χ2v) is 7.95. The van der Waals surface area contributed by atoms with Crippen molar-refractivity contribution in [3.63, 3.8) is 0 Å². The minimum absolute atomic E-state index is 0.0472. The third kappa shape index (κ3) is 11.4. The zero-order valence-electron chi connectivity index (χ0n) is 20.1. The Hall–Kier alpha value is -1.86. The highest BCUT2D eigenvalue weighted by atomic mass is 16.5. The first-order valence-electron chi connectivity index (χ1n) is 11.8. The Bertz CT molecular complexity index is 618. The van der Waals surface area contributed by atoms with Gasteiger partial charge in [-0.3, -0.25) is 9.59 Å². The van der Waals surface area contributed by atoms with Crippen LogP contribution in [0.1, 0.15) is 64.5 Å². The van der Waals surface area contributed by atoms with E-state index in [1.54, 1.807) is 16.9 Å². The zero-order valence-corrected chi connectivity index (χ0v) is 20.1. The van der Waals surface area contributed by atoms with Crippen LogP contribution in [0.15, 0.2) is 18.3 Å². The topological polar surface area (TPSA) is 64.0 Å². The summed E-state index contributed by atoms with van der Waals surface area (Å²) < 4.78 is 12.6. The highest BCUT2D eigenvalue weighted by Gasteiger charge is 2.21.